The fourth-order valence-electron chi connectivity index (χ4n) is 0.497. The summed E-state index contributed by atoms with van der Waals surface area (Å²) in [5.41, 5.74) is 0. The lowest BCUT2D eigenvalue weighted by atomic mass is 10.8. The first-order chi connectivity index (χ1) is 6.54. The van der Waals surface area contributed by atoms with Crippen LogP contribution in [0.5, 0.6) is 0 Å². The molecule has 0 saturated heterocycles. The molecule has 0 aliphatic rings. The summed E-state index contributed by atoms with van der Waals surface area (Å²) < 4.78 is 20.1. The normalized spacial score (nSPS) is 11.6. The first kappa shape index (κ1) is 13.5. The highest BCUT2D eigenvalue weighted by molar-refractivity contribution is 7.54. The van der Waals surface area contributed by atoms with Crippen LogP contribution in [0.3, 0.4) is 0 Å². The van der Waals surface area contributed by atoms with E-state index in [-0.39, 0.29) is 13.2 Å². The Morgan fingerprint density at radius 3 is 1.93 bits per heavy atom. The van der Waals surface area contributed by atoms with E-state index in [9.17, 15) is 9.36 Å². The van der Waals surface area contributed by atoms with Crippen LogP contribution >= 0.6 is 7.60 Å². The van der Waals surface area contributed by atoms with Crippen molar-refractivity contribution in [3.63, 3.8) is 0 Å². The zero-order chi connectivity index (χ0) is 11.0. The summed E-state index contributed by atoms with van der Waals surface area (Å²) >= 11 is 0. The predicted octanol–water partition coefficient (Wildman–Crippen LogP) is 1.20. The van der Waals surface area contributed by atoms with E-state index in [1.807, 2.05) is 0 Å². The lowest BCUT2D eigenvalue weighted by molar-refractivity contribution is -0.262. The van der Waals surface area contributed by atoms with Crippen LogP contribution in [0.1, 0.15) is 13.8 Å². The van der Waals surface area contributed by atoms with Crippen molar-refractivity contribution in [1.82, 2.24) is 0 Å². The van der Waals surface area contributed by atoms with Gasteiger partial charge in [-0.05, 0) is 13.8 Å². The number of carboxylic acids is 1. The van der Waals surface area contributed by atoms with Crippen molar-refractivity contribution in [3.8, 4) is 0 Å². The van der Waals surface area contributed by atoms with E-state index in [1.54, 1.807) is 13.8 Å². The van der Waals surface area contributed by atoms with Crippen molar-refractivity contribution < 1.29 is 33.6 Å². The molecule has 0 fully saturated rings. The van der Waals surface area contributed by atoms with Gasteiger partial charge in [-0.25, -0.2) is 9.78 Å². The molecule has 0 atom stereocenters. The molecule has 0 spiro atoms. The number of aliphatic carboxylic acids is 1. The highest BCUT2D eigenvalue weighted by Gasteiger charge is 2.31. The molecule has 0 radical (unpaired) electrons. The maximum absolute atomic E-state index is 11.5. The number of carbonyl (C=O) groups is 1. The van der Waals surface area contributed by atoms with Gasteiger partial charge in [0.2, 0.25) is 0 Å². The molecule has 0 aromatic carbocycles. The van der Waals surface area contributed by atoms with E-state index in [0.717, 1.165) is 0 Å². The zero-order valence-corrected chi connectivity index (χ0v) is 8.86. The van der Waals surface area contributed by atoms with E-state index in [4.69, 9.17) is 5.11 Å². The molecule has 8 heteroatoms. The second-order valence-corrected chi connectivity index (χ2v) is 3.96. The summed E-state index contributed by atoms with van der Waals surface area (Å²) in [5.74, 6) is -1.33. The quantitative estimate of drug-likeness (QED) is 0.379. The van der Waals surface area contributed by atoms with Gasteiger partial charge < -0.3 is 5.11 Å². The van der Waals surface area contributed by atoms with Gasteiger partial charge in [0.05, 0.1) is 13.2 Å². The van der Waals surface area contributed by atoms with Crippen LogP contribution in [0.25, 0.3) is 0 Å². The molecule has 0 aromatic rings. The molecule has 0 saturated carbocycles. The molecule has 7 nitrogen and oxygen atoms in total. The van der Waals surface area contributed by atoms with Gasteiger partial charge in [0.25, 0.3) is 0 Å². The molecule has 0 amide bonds. The minimum atomic E-state index is -3.85. The van der Waals surface area contributed by atoms with Crippen LogP contribution in [-0.2, 0) is 28.5 Å². The number of rotatable bonds is 8. The first-order valence-corrected chi connectivity index (χ1v) is 5.70. The maximum atomic E-state index is 11.5. The third-order valence-electron chi connectivity index (χ3n) is 0.897. The molecule has 0 aliphatic carbocycles. The lowest BCUT2D eigenvalue weighted by Gasteiger charge is -2.12. The highest BCUT2D eigenvalue weighted by Crippen LogP contribution is 2.48. The second-order valence-electron chi connectivity index (χ2n) is 2.12. The van der Waals surface area contributed by atoms with E-state index in [0.29, 0.717) is 0 Å². The molecule has 0 rings (SSSR count). The van der Waals surface area contributed by atoms with Gasteiger partial charge in [-0.1, -0.05) is 0 Å². The van der Waals surface area contributed by atoms with Gasteiger partial charge in [0.15, 0.2) is 6.16 Å². The van der Waals surface area contributed by atoms with Crippen molar-refractivity contribution in [2.24, 2.45) is 0 Å². The molecular formula is C6H13O7P. The Hall–Kier alpha value is -0.460. The molecule has 1 N–H and O–H groups in total. The number of carboxylic acid groups (broad SMARTS) is 1. The van der Waals surface area contributed by atoms with Gasteiger partial charge in [0, 0.05) is 0 Å². The summed E-state index contributed by atoms with van der Waals surface area (Å²) in [5, 5.41) is 8.40. The first-order valence-electron chi connectivity index (χ1n) is 3.97. The fraction of sp³-hybridized carbons (Fsp3) is 0.833. The Morgan fingerprint density at radius 2 is 1.64 bits per heavy atom. The largest absolute Gasteiger partial charge is 0.481 e. The van der Waals surface area contributed by atoms with Crippen molar-refractivity contribution in [2.75, 3.05) is 19.4 Å². The Bertz CT molecular complexity index is 204. The van der Waals surface area contributed by atoms with Crippen LogP contribution in [0.4, 0.5) is 0 Å². The smallest absolute Gasteiger partial charge is 0.395 e. The van der Waals surface area contributed by atoms with Crippen LogP contribution in [0.15, 0.2) is 0 Å². The Morgan fingerprint density at radius 1 is 1.21 bits per heavy atom. The van der Waals surface area contributed by atoms with Gasteiger partial charge >= 0.3 is 13.6 Å². The van der Waals surface area contributed by atoms with Crippen molar-refractivity contribution >= 4 is 13.6 Å². The van der Waals surface area contributed by atoms with Crippen molar-refractivity contribution in [2.45, 2.75) is 13.8 Å². The summed E-state index contributed by atoms with van der Waals surface area (Å²) in [7, 11) is -3.85. The van der Waals surface area contributed by atoms with Crippen molar-refractivity contribution in [3.05, 3.63) is 0 Å². The minimum absolute atomic E-state index is 0.124. The SMILES string of the molecule is CCOOP(=O)(CC(=O)O)OOCC. The molecule has 0 bridgehead atoms. The lowest BCUT2D eigenvalue weighted by Crippen LogP contribution is -2.09. The minimum Gasteiger partial charge on any atom is -0.481 e. The third kappa shape index (κ3) is 6.06. The van der Waals surface area contributed by atoms with E-state index in [2.05, 4.69) is 19.1 Å². The van der Waals surface area contributed by atoms with Gasteiger partial charge in [-0.3, -0.25) is 9.36 Å². The van der Waals surface area contributed by atoms with Gasteiger partial charge in [-0.15, -0.1) is 9.35 Å². The summed E-state index contributed by atoms with van der Waals surface area (Å²) in [6, 6.07) is 0. The monoisotopic (exact) mass is 228 g/mol. The molecule has 0 heterocycles. The number of hydrogen-bond acceptors (Lipinski definition) is 6. The van der Waals surface area contributed by atoms with E-state index < -0.39 is 19.7 Å². The fourth-order valence-corrected chi connectivity index (χ4v) is 1.49. The molecule has 14 heavy (non-hydrogen) atoms. The maximum Gasteiger partial charge on any atom is 0.395 e. The van der Waals surface area contributed by atoms with E-state index in [1.165, 1.54) is 0 Å². The summed E-state index contributed by atoms with van der Waals surface area (Å²) in [6.45, 7) is 3.43. The Balaban J connectivity index is 4.18. The predicted molar refractivity (Wildman–Crippen MR) is 45.5 cm³/mol. The average molecular weight is 228 g/mol. The van der Waals surface area contributed by atoms with Crippen LogP contribution < -0.4 is 0 Å². The standard InChI is InChI=1S/C6H13O7P/c1-3-10-12-14(9,5-6(7)8)13-11-4-2/h3-5H2,1-2H3,(H,7,8). The Labute approximate surface area is 81.3 Å². The zero-order valence-electron chi connectivity index (χ0n) is 7.97. The topological polar surface area (TPSA) is 91.3 Å². The highest BCUT2D eigenvalue weighted by atomic mass is 31.2. The average Bonchev–Trinajstić information content (AvgIpc) is 2.11. The van der Waals surface area contributed by atoms with Crippen LogP contribution in [0, 0.1) is 0 Å². The van der Waals surface area contributed by atoms with E-state index >= 15 is 0 Å². The molecule has 0 aromatic heterocycles. The van der Waals surface area contributed by atoms with Crippen molar-refractivity contribution in [1.29, 1.82) is 0 Å². The van der Waals surface area contributed by atoms with Crippen LogP contribution in [-0.4, -0.2) is 30.5 Å². The molecule has 84 valence electrons. The van der Waals surface area contributed by atoms with Gasteiger partial charge in [0.1, 0.15) is 0 Å². The second kappa shape index (κ2) is 6.92. The van der Waals surface area contributed by atoms with Crippen LogP contribution in [0.2, 0.25) is 0 Å². The van der Waals surface area contributed by atoms with Gasteiger partial charge in [-0.2, -0.15) is 0 Å². The molecule has 0 aliphatic heterocycles. The molecule has 0 unspecified atom stereocenters. The number of hydrogen-bond donors (Lipinski definition) is 1. The molecular weight excluding hydrogens is 215 g/mol. The summed E-state index contributed by atoms with van der Waals surface area (Å²) in [4.78, 5) is 19.0. The summed E-state index contributed by atoms with van der Waals surface area (Å²) in [6.07, 6.45) is -0.812. The third-order valence-corrected chi connectivity index (χ3v) is 2.22. The Kier molecular flexibility index (Phi) is 6.69.